The number of carbonyl (C=O) groups is 1. The molecule has 1 aromatic rings. The van der Waals surface area contributed by atoms with Gasteiger partial charge >= 0.3 is 12.3 Å². The Balaban J connectivity index is 1.64. The van der Waals surface area contributed by atoms with E-state index in [1.54, 1.807) is 9.80 Å². The molecule has 28 heavy (non-hydrogen) atoms. The maximum absolute atomic E-state index is 13.5. The topological polar surface area (TPSA) is 45.7 Å². The van der Waals surface area contributed by atoms with Crippen molar-refractivity contribution < 1.29 is 27.1 Å². The summed E-state index contributed by atoms with van der Waals surface area (Å²) in [6, 6.07) is 0.782. The fourth-order valence-electron chi connectivity index (χ4n) is 3.85. The van der Waals surface area contributed by atoms with Crippen LogP contribution in [-0.2, 0) is 10.9 Å². The van der Waals surface area contributed by atoms with Gasteiger partial charge < -0.3 is 14.5 Å². The van der Waals surface area contributed by atoms with Crippen molar-refractivity contribution in [1.29, 1.82) is 0 Å². The average molecular weight is 403 g/mol. The van der Waals surface area contributed by atoms with Gasteiger partial charge in [-0.25, -0.2) is 14.2 Å². The first-order valence-electron chi connectivity index (χ1n) is 9.34. The molecule has 0 atom stereocenters. The molecule has 0 N–H and O–H groups in total. The van der Waals surface area contributed by atoms with Crippen LogP contribution in [0.2, 0.25) is 0 Å². The van der Waals surface area contributed by atoms with E-state index >= 15 is 0 Å². The van der Waals surface area contributed by atoms with E-state index in [0.717, 1.165) is 25.3 Å². The summed E-state index contributed by atoms with van der Waals surface area (Å²) in [5.41, 5.74) is -1.92. The Morgan fingerprint density at radius 2 is 1.75 bits per heavy atom. The molecule has 1 aromatic heterocycles. The van der Waals surface area contributed by atoms with Crippen LogP contribution in [-0.4, -0.2) is 47.8 Å². The van der Waals surface area contributed by atoms with Crippen LogP contribution >= 0.6 is 0 Å². The molecule has 2 aliphatic heterocycles. The second kappa shape index (κ2) is 7.08. The molecule has 3 heterocycles. The van der Waals surface area contributed by atoms with E-state index in [2.05, 4.69) is 4.98 Å². The number of anilines is 1. The lowest BCUT2D eigenvalue weighted by Crippen LogP contribution is -2.46. The number of piperidine rings is 1. The predicted octanol–water partition coefficient (Wildman–Crippen LogP) is 4.47. The summed E-state index contributed by atoms with van der Waals surface area (Å²) in [5.74, 6) is -1.23. The monoisotopic (exact) mass is 403 g/mol. The van der Waals surface area contributed by atoms with Gasteiger partial charge in [-0.15, -0.1) is 0 Å². The van der Waals surface area contributed by atoms with Crippen LogP contribution in [0.15, 0.2) is 12.3 Å². The third-order valence-electron chi connectivity index (χ3n) is 5.38. The minimum Gasteiger partial charge on any atom is -0.444 e. The fourth-order valence-corrected chi connectivity index (χ4v) is 3.85. The van der Waals surface area contributed by atoms with Gasteiger partial charge in [0, 0.05) is 26.2 Å². The van der Waals surface area contributed by atoms with Gasteiger partial charge in [-0.3, -0.25) is 0 Å². The molecule has 1 amide bonds. The minimum absolute atomic E-state index is 0.0764. The van der Waals surface area contributed by atoms with Crippen LogP contribution in [0, 0.1) is 11.2 Å². The Hall–Kier alpha value is -2.06. The number of aromatic nitrogens is 1. The van der Waals surface area contributed by atoms with Crippen molar-refractivity contribution in [3.63, 3.8) is 0 Å². The average Bonchev–Trinajstić information content (AvgIpc) is 2.97. The molecule has 2 fully saturated rings. The van der Waals surface area contributed by atoms with E-state index in [1.165, 1.54) is 0 Å². The van der Waals surface area contributed by atoms with Crippen molar-refractivity contribution in [3.05, 3.63) is 23.6 Å². The largest absolute Gasteiger partial charge is 0.444 e. The first kappa shape index (κ1) is 20.7. The summed E-state index contributed by atoms with van der Waals surface area (Å²) in [4.78, 5) is 19.5. The van der Waals surface area contributed by atoms with E-state index in [-0.39, 0.29) is 17.3 Å². The third kappa shape index (κ3) is 4.50. The highest BCUT2D eigenvalue weighted by atomic mass is 19.4. The van der Waals surface area contributed by atoms with Crippen LogP contribution in [0.1, 0.15) is 45.6 Å². The first-order valence-corrected chi connectivity index (χ1v) is 9.34. The van der Waals surface area contributed by atoms with Gasteiger partial charge in [0.1, 0.15) is 11.4 Å². The van der Waals surface area contributed by atoms with Crippen LogP contribution < -0.4 is 4.90 Å². The van der Waals surface area contributed by atoms with Crippen molar-refractivity contribution in [2.45, 2.75) is 51.8 Å². The second-order valence-electron chi connectivity index (χ2n) is 8.66. The van der Waals surface area contributed by atoms with Gasteiger partial charge in [0.05, 0.1) is 11.8 Å². The zero-order valence-corrected chi connectivity index (χ0v) is 16.3. The van der Waals surface area contributed by atoms with Crippen LogP contribution in [0.4, 0.5) is 28.2 Å². The van der Waals surface area contributed by atoms with Gasteiger partial charge in [-0.05, 0) is 51.5 Å². The molecule has 9 heteroatoms. The minimum atomic E-state index is -4.75. The molecule has 0 unspecified atom stereocenters. The zero-order valence-electron chi connectivity index (χ0n) is 16.3. The molecule has 0 saturated carbocycles. The highest BCUT2D eigenvalue weighted by molar-refractivity contribution is 5.68. The summed E-state index contributed by atoms with van der Waals surface area (Å²) < 4.78 is 57.8. The highest BCUT2D eigenvalue weighted by Gasteiger charge is 2.43. The Labute approximate surface area is 161 Å². The number of halogens is 4. The number of hydrogen-bond donors (Lipinski definition) is 0. The standard InChI is InChI=1S/C19H25F4N3O2/c1-17(2,3)28-16(27)25-7-4-18(5-8-25)6-9-26(12-18)15-10-13(19(21,22)23)14(20)11-24-15/h10-11H,4-9,12H2,1-3H3. The SMILES string of the molecule is CC(C)(C)OC(=O)N1CCC2(CC1)CCN(c1cc(C(F)(F)F)c(F)cn1)C2. The first-order chi connectivity index (χ1) is 12.9. The molecule has 2 saturated heterocycles. The molecule has 2 aliphatic rings. The number of alkyl halides is 3. The predicted molar refractivity (Wildman–Crippen MR) is 95.5 cm³/mol. The lowest BCUT2D eigenvalue weighted by atomic mass is 9.78. The summed E-state index contributed by atoms with van der Waals surface area (Å²) in [7, 11) is 0. The number of likely N-dealkylation sites (tertiary alicyclic amines) is 1. The zero-order chi connectivity index (χ0) is 20.7. The third-order valence-corrected chi connectivity index (χ3v) is 5.38. The van der Waals surface area contributed by atoms with Crippen molar-refractivity contribution >= 4 is 11.9 Å². The fraction of sp³-hybridized carbons (Fsp3) is 0.684. The van der Waals surface area contributed by atoms with Crippen molar-refractivity contribution in [3.8, 4) is 0 Å². The van der Waals surface area contributed by atoms with E-state index in [1.807, 2.05) is 20.8 Å². The molecule has 3 rings (SSSR count). The van der Waals surface area contributed by atoms with Gasteiger partial charge in [0.2, 0.25) is 0 Å². The molecular weight excluding hydrogens is 378 g/mol. The molecule has 0 aromatic carbocycles. The Bertz CT molecular complexity index is 738. The number of nitrogens with zero attached hydrogens (tertiary/aromatic N) is 3. The molecule has 0 radical (unpaired) electrons. The van der Waals surface area contributed by atoms with E-state index in [4.69, 9.17) is 4.74 Å². The van der Waals surface area contributed by atoms with E-state index in [9.17, 15) is 22.4 Å². The molecule has 156 valence electrons. The Morgan fingerprint density at radius 1 is 1.14 bits per heavy atom. The molecular formula is C19H25F4N3O2. The summed E-state index contributed by atoms with van der Waals surface area (Å²) in [6.45, 7) is 7.65. The second-order valence-corrected chi connectivity index (χ2v) is 8.66. The Kier molecular flexibility index (Phi) is 5.22. The molecule has 5 nitrogen and oxygen atoms in total. The molecule has 1 spiro atoms. The smallest absolute Gasteiger partial charge is 0.419 e. The maximum atomic E-state index is 13.5. The van der Waals surface area contributed by atoms with Gasteiger partial charge in [0.25, 0.3) is 0 Å². The van der Waals surface area contributed by atoms with Gasteiger partial charge in [-0.2, -0.15) is 13.2 Å². The number of amides is 1. The van der Waals surface area contributed by atoms with E-state index in [0.29, 0.717) is 32.4 Å². The normalized spacial score (nSPS) is 20.0. The van der Waals surface area contributed by atoms with Crippen molar-refractivity contribution in [2.24, 2.45) is 5.41 Å². The lowest BCUT2D eigenvalue weighted by Gasteiger charge is -2.39. The summed E-state index contributed by atoms with van der Waals surface area (Å²) in [6.07, 6.45) is -2.17. The Morgan fingerprint density at radius 3 is 2.32 bits per heavy atom. The maximum Gasteiger partial charge on any atom is 0.419 e. The number of ether oxygens (including phenoxy) is 1. The van der Waals surface area contributed by atoms with Crippen molar-refractivity contribution in [1.82, 2.24) is 9.88 Å². The van der Waals surface area contributed by atoms with Gasteiger partial charge in [0.15, 0.2) is 5.82 Å². The van der Waals surface area contributed by atoms with E-state index < -0.39 is 23.2 Å². The van der Waals surface area contributed by atoms with Gasteiger partial charge in [-0.1, -0.05) is 0 Å². The molecule has 0 bridgehead atoms. The summed E-state index contributed by atoms with van der Waals surface area (Å²) in [5, 5.41) is 0. The lowest BCUT2D eigenvalue weighted by molar-refractivity contribution is -0.140. The summed E-state index contributed by atoms with van der Waals surface area (Å²) >= 11 is 0. The number of carbonyl (C=O) groups excluding carboxylic acids is 1. The highest BCUT2D eigenvalue weighted by Crippen LogP contribution is 2.42. The number of hydrogen-bond acceptors (Lipinski definition) is 4. The van der Waals surface area contributed by atoms with Crippen LogP contribution in [0.5, 0.6) is 0 Å². The number of pyridine rings is 1. The van der Waals surface area contributed by atoms with Crippen molar-refractivity contribution in [2.75, 3.05) is 31.1 Å². The van der Waals surface area contributed by atoms with Crippen LogP contribution in [0.3, 0.4) is 0 Å². The van der Waals surface area contributed by atoms with Crippen LogP contribution in [0.25, 0.3) is 0 Å². The molecule has 0 aliphatic carbocycles. The number of rotatable bonds is 1. The quantitative estimate of drug-likeness (QED) is 0.650.